The minimum atomic E-state index is -0.849. The van der Waals surface area contributed by atoms with Gasteiger partial charge in [-0.15, -0.1) is 0 Å². The first-order valence-corrected chi connectivity index (χ1v) is 10.6. The third kappa shape index (κ3) is 4.32. The van der Waals surface area contributed by atoms with E-state index in [0.29, 0.717) is 29.9 Å². The maximum atomic E-state index is 13.9. The average molecular weight is 428 g/mol. The predicted octanol–water partition coefficient (Wildman–Crippen LogP) is 4.03. The molecule has 0 unspecified atom stereocenters. The topological polar surface area (TPSA) is 58.6 Å². The molecule has 1 aliphatic carbocycles. The second kappa shape index (κ2) is 8.75. The van der Waals surface area contributed by atoms with Crippen LogP contribution < -0.4 is 5.32 Å². The zero-order chi connectivity index (χ0) is 22.0. The number of carbonyl (C=O) groups is 2. The Morgan fingerprint density at radius 3 is 2.45 bits per heavy atom. The van der Waals surface area contributed by atoms with E-state index in [0.717, 1.165) is 12.8 Å². The van der Waals surface area contributed by atoms with E-state index in [9.17, 15) is 18.4 Å². The van der Waals surface area contributed by atoms with Crippen molar-refractivity contribution in [2.24, 2.45) is 5.92 Å². The fourth-order valence-electron chi connectivity index (χ4n) is 4.45. The molecule has 0 radical (unpaired) electrons. The summed E-state index contributed by atoms with van der Waals surface area (Å²) in [6.45, 7) is 2.25. The summed E-state index contributed by atoms with van der Waals surface area (Å²) in [4.78, 5) is 28.0. The largest absolute Gasteiger partial charge is 0.353 e. The van der Waals surface area contributed by atoms with Gasteiger partial charge in [-0.2, -0.15) is 0 Å². The highest BCUT2D eigenvalue weighted by Gasteiger charge is 2.53. The van der Waals surface area contributed by atoms with Gasteiger partial charge in [0, 0.05) is 17.7 Å². The van der Waals surface area contributed by atoms with E-state index in [2.05, 4.69) is 12.2 Å². The van der Waals surface area contributed by atoms with Crippen LogP contribution in [0.25, 0.3) is 0 Å². The Morgan fingerprint density at radius 2 is 1.77 bits per heavy atom. The maximum absolute atomic E-state index is 13.9. The molecule has 164 valence electrons. The van der Waals surface area contributed by atoms with Gasteiger partial charge in [-0.05, 0) is 61.9 Å². The summed E-state index contributed by atoms with van der Waals surface area (Å²) in [6.07, 6.45) is 3.05. The summed E-state index contributed by atoms with van der Waals surface area (Å²) in [5.74, 6) is -1.07. The maximum Gasteiger partial charge on any atom is 0.256 e. The molecule has 4 rings (SSSR count). The van der Waals surface area contributed by atoms with Crippen molar-refractivity contribution in [3.8, 4) is 0 Å². The van der Waals surface area contributed by atoms with Crippen LogP contribution in [0.1, 0.15) is 48.5 Å². The molecule has 1 aliphatic heterocycles. The average Bonchev–Trinajstić information content (AvgIpc) is 3.14. The van der Waals surface area contributed by atoms with Gasteiger partial charge in [0.2, 0.25) is 5.91 Å². The van der Waals surface area contributed by atoms with E-state index in [4.69, 9.17) is 4.74 Å². The first kappa shape index (κ1) is 21.4. The molecule has 1 N–H and O–H groups in total. The van der Waals surface area contributed by atoms with Crippen LogP contribution in [0.3, 0.4) is 0 Å². The number of benzene rings is 2. The smallest absolute Gasteiger partial charge is 0.256 e. The minimum Gasteiger partial charge on any atom is -0.353 e. The zero-order valence-electron chi connectivity index (χ0n) is 17.4. The lowest BCUT2D eigenvalue weighted by Crippen LogP contribution is -2.56. The van der Waals surface area contributed by atoms with Crippen molar-refractivity contribution >= 4 is 11.8 Å². The van der Waals surface area contributed by atoms with E-state index < -0.39 is 29.3 Å². The molecule has 5 nitrogen and oxygen atoms in total. The molecule has 1 saturated heterocycles. The van der Waals surface area contributed by atoms with Crippen molar-refractivity contribution in [3.05, 3.63) is 71.3 Å². The van der Waals surface area contributed by atoms with Gasteiger partial charge in [-0.25, -0.2) is 8.78 Å². The Labute approximate surface area is 180 Å². The van der Waals surface area contributed by atoms with E-state index in [1.807, 2.05) is 0 Å². The van der Waals surface area contributed by atoms with Crippen LogP contribution in [-0.4, -0.2) is 35.1 Å². The standard InChI is InChI=1S/C24H26F2N2O3/c1-16-10-12-24(13-11-16)28(23(30)17-6-8-19(25)9-7-17)21(15-31-24)22(29)27-14-18-4-2-3-5-20(18)26/h2-9,16,21H,10-15H2,1H3,(H,27,29)/t16?,21-,24?/m1/s1. The minimum absolute atomic E-state index is 0.0185. The van der Waals surface area contributed by atoms with Crippen LogP contribution >= 0.6 is 0 Å². The lowest BCUT2D eigenvalue weighted by atomic mass is 9.83. The van der Waals surface area contributed by atoms with Crippen LogP contribution in [0.15, 0.2) is 48.5 Å². The molecule has 0 bridgehead atoms. The molecule has 1 heterocycles. The van der Waals surface area contributed by atoms with Crippen LogP contribution in [0.5, 0.6) is 0 Å². The highest BCUT2D eigenvalue weighted by atomic mass is 19.1. The van der Waals surface area contributed by atoms with Gasteiger partial charge in [-0.3, -0.25) is 14.5 Å². The molecule has 2 amide bonds. The summed E-state index contributed by atoms with van der Waals surface area (Å²) in [5, 5.41) is 2.75. The van der Waals surface area contributed by atoms with Crippen LogP contribution in [-0.2, 0) is 16.1 Å². The van der Waals surface area contributed by atoms with Gasteiger partial charge in [0.25, 0.3) is 5.91 Å². The molecule has 2 fully saturated rings. The summed E-state index contributed by atoms with van der Waals surface area (Å²) < 4.78 is 33.4. The highest BCUT2D eigenvalue weighted by molar-refractivity contribution is 5.98. The lowest BCUT2D eigenvalue weighted by Gasteiger charge is -2.43. The van der Waals surface area contributed by atoms with Gasteiger partial charge in [0.15, 0.2) is 0 Å². The van der Waals surface area contributed by atoms with Crippen molar-refractivity contribution in [1.82, 2.24) is 10.2 Å². The second-order valence-electron chi connectivity index (χ2n) is 8.45. The Hall–Kier alpha value is -2.80. The van der Waals surface area contributed by atoms with Gasteiger partial charge in [-0.1, -0.05) is 25.1 Å². The van der Waals surface area contributed by atoms with Crippen molar-refractivity contribution in [2.75, 3.05) is 6.61 Å². The number of nitrogens with zero attached hydrogens (tertiary/aromatic N) is 1. The van der Waals surface area contributed by atoms with Crippen molar-refractivity contribution < 1.29 is 23.1 Å². The number of hydrogen-bond acceptors (Lipinski definition) is 3. The lowest BCUT2D eigenvalue weighted by molar-refractivity contribution is -0.128. The molecule has 31 heavy (non-hydrogen) atoms. The van der Waals surface area contributed by atoms with Crippen molar-refractivity contribution in [1.29, 1.82) is 0 Å². The second-order valence-corrected chi connectivity index (χ2v) is 8.45. The van der Waals surface area contributed by atoms with Gasteiger partial charge < -0.3 is 10.1 Å². The third-order valence-corrected chi connectivity index (χ3v) is 6.34. The molecule has 2 aromatic carbocycles. The van der Waals surface area contributed by atoms with Crippen LogP contribution in [0, 0.1) is 17.6 Å². The number of rotatable bonds is 4. The molecule has 7 heteroatoms. The Bertz CT molecular complexity index is 956. The van der Waals surface area contributed by atoms with E-state index >= 15 is 0 Å². The van der Waals surface area contributed by atoms with Crippen LogP contribution in [0.4, 0.5) is 8.78 Å². The Kier molecular flexibility index (Phi) is 6.05. The molecule has 2 aliphatic rings. The number of carbonyl (C=O) groups excluding carboxylic acids is 2. The summed E-state index contributed by atoms with van der Waals surface area (Å²) in [5.41, 5.74) is -0.179. The third-order valence-electron chi connectivity index (χ3n) is 6.34. The quantitative estimate of drug-likeness (QED) is 0.800. The summed E-state index contributed by atoms with van der Waals surface area (Å²) >= 11 is 0. The Morgan fingerprint density at radius 1 is 1.10 bits per heavy atom. The zero-order valence-corrected chi connectivity index (χ0v) is 17.4. The van der Waals surface area contributed by atoms with Crippen molar-refractivity contribution in [2.45, 2.75) is 50.9 Å². The monoisotopic (exact) mass is 428 g/mol. The molecule has 1 atom stereocenters. The normalized spacial score (nSPS) is 25.6. The highest BCUT2D eigenvalue weighted by Crippen LogP contribution is 2.43. The summed E-state index contributed by atoms with van der Waals surface area (Å²) in [6, 6.07) is 10.7. The van der Waals surface area contributed by atoms with Crippen molar-refractivity contribution in [3.63, 3.8) is 0 Å². The van der Waals surface area contributed by atoms with E-state index in [1.165, 1.54) is 35.2 Å². The van der Waals surface area contributed by atoms with Gasteiger partial charge in [0.05, 0.1) is 6.61 Å². The first-order chi connectivity index (χ1) is 14.9. The molecule has 1 spiro atoms. The van der Waals surface area contributed by atoms with E-state index in [-0.39, 0.29) is 19.1 Å². The number of ether oxygens (including phenoxy) is 1. The van der Waals surface area contributed by atoms with Gasteiger partial charge >= 0.3 is 0 Å². The fourth-order valence-corrected chi connectivity index (χ4v) is 4.45. The number of hydrogen-bond donors (Lipinski definition) is 1. The predicted molar refractivity (Wildman–Crippen MR) is 111 cm³/mol. The molecular formula is C24H26F2N2O3. The molecular weight excluding hydrogens is 402 g/mol. The molecule has 1 saturated carbocycles. The Balaban J connectivity index is 1.58. The number of amides is 2. The first-order valence-electron chi connectivity index (χ1n) is 10.6. The fraction of sp³-hybridized carbons (Fsp3) is 0.417. The summed E-state index contributed by atoms with van der Waals surface area (Å²) in [7, 11) is 0. The molecule has 0 aromatic heterocycles. The number of halogens is 2. The molecule has 2 aromatic rings. The van der Waals surface area contributed by atoms with Crippen LogP contribution in [0.2, 0.25) is 0 Å². The number of nitrogens with one attached hydrogen (secondary N) is 1. The SMILES string of the molecule is CC1CCC2(CC1)OC[C@H](C(=O)NCc1ccccc1F)N2C(=O)c1ccc(F)cc1. The van der Waals surface area contributed by atoms with E-state index in [1.54, 1.807) is 18.2 Å². The van der Waals surface area contributed by atoms with Gasteiger partial charge in [0.1, 0.15) is 23.4 Å².